The Kier molecular flexibility index (Phi) is 4.87. The zero-order chi connectivity index (χ0) is 12.1. The maximum Gasteiger partial charge on any atom is 0.0304 e. The van der Waals surface area contributed by atoms with E-state index in [0.29, 0.717) is 0 Å². The van der Waals surface area contributed by atoms with Gasteiger partial charge < -0.3 is 11.1 Å². The van der Waals surface area contributed by atoms with Gasteiger partial charge >= 0.3 is 0 Å². The fourth-order valence-corrected chi connectivity index (χ4v) is 3.41. The third-order valence-electron chi connectivity index (χ3n) is 5.31. The number of nitrogens with two attached hydrogens (primary N) is 1. The van der Waals surface area contributed by atoms with E-state index in [4.69, 9.17) is 5.73 Å². The standard InChI is InChI=1S/C15H30N2/c1-2-13-6-9-15(12-16,10-7-13)17-11-8-14-4-3-5-14/h13-14,17H,2-12,16H2,1H3. The van der Waals surface area contributed by atoms with Crippen molar-refractivity contribution in [2.24, 2.45) is 17.6 Å². The summed E-state index contributed by atoms with van der Waals surface area (Å²) in [7, 11) is 0. The van der Waals surface area contributed by atoms with Crippen molar-refractivity contribution in [1.29, 1.82) is 0 Å². The zero-order valence-electron chi connectivity index (χ0n) is 11.5. The summed E-state index contributed by atoms with van der Waals surface area (Å²) in [5.74, 6) is 1.98. The van der Waals surface area contributed by atoms with Gasteiger partial charge in [-0.25, -0.2) is 0 Å². The Balaban J connectivity index is 1.70. The van der Waals surface area contributed by atoms with Gasteiger partial charge in [-0.05, 0) is 50.5 Å². The van der Waals surface area contributed by atoms with Gasteiger partial charge in [0.25, 0.3) is 0 Å². The molecular weight excluding hydrogens is 208 g/mol. The van der Waals surface area contributed by atoms with E-state index in [1.54, 1.807) is 0 Å². The molecule has 0 atom stereocenters. The number of hydrogen-bond acceptors (Lipinski definition) is 2. The lowest BCUT2D eigenvalue weighted by molar-refractivity contribution is 0.182. The molecule has 100 valence electrons. The lowest BCUT2D eigenvalue weighted by Gasteiger charge is -2.41. The third kappa shape index (κ3) is 3.45. The Morgan fingerprint density at radius 2 is 1.82 bits per heavy atom. The molecule has 0 bridgehead atoms. The average Bonchev–Trinajstić information content (AvgIpc) is 2.33. The largest absolute Gasteiger partial charge is 0.329 e. The minimum absolute atomic E-state index is 0.287. The van der Waals surface area contributed by atoms with Crippen LogP contribution in [0.4, 0.5) is 0 Å². The molecule has 2 fully saturated rings. The van der Waals surface area contributed by atoms with Gasteiger partial charge in [-0.1, -0.05) is 32.6 Å². The maximum absolute atomic E-state index is 6.03. The SMILES string of the molecule is CCC1CCC(CN)(NCCC2CCC2)CC1. The Bertz CT molecular complexity index is 215. The minimum Gasteiger partial charge on any atom is -0.329 e. The normalized spacial score (nSPS) is 34.6. The first-order chi connectivity index (χ1) is 8.28. The fraction of sp³-hybridized carbons (Fsp3) is 1.00. The van der Waals surface area contributed by atoms with Crippen LogP contribution >= 0.6 is 0 Å². The number of rotatable bonds is 6. The second-order valence-corrected chi connectivity index (χ2v) is 6.35. The van der Waals surface area contributed by atoms with Gasteiger partial charge in [-0.3, -0.25) is 0 Å². The molecule has 2 rings (SSSR count). The van der Waals surface area contributed by atoms with Crippen LogP contribution in [0.3, 0.4) is 0 Å². The molecule has 17 heavy (non-hydrogen) atoms. The van der Waals surface area contributed by atoms with Gasteiger partial charge in [-0.2, -0.15) is 0 Å². The quantitative estimate of drug-likeness (QED) is 0.746. The van der Waals surface area contributed by atoms with E-state index in [9.17, 15) is 0 Å². The van der Waals surface area contributed by atoms with E-state index in [0.717, 1.165) is 18.4 Å². The van der Waals surface area contributed by atoms with Crippen LogP contribution < -0.4 is 11.1 Å². The van der Waals surface area contributed by atoms with Crippen molar-refractivity contribution in [3.63, 3.8) is 0 Å². The van der Waals surface area contributed by atoms with Crippen molar-refractivity contribution >= 4 is 0 Å². The molecule has 0 radical (unpaired) electrons. The highest BCUT2D eigenvalue weighted by Gasteiger charge is 2.33. The van der Waals surface area contributed by atoms with Crippen LogP contribution in [0.25, 0.3) is 0 Å². The van der Waals surface area contributed by atoms with Gasteiger partial charge in [0.2, 0.25) is 0 Å². The first-order valence-corrected chi connectivity index (χ1v) is 7.73. The molecule has 0 unspecified atom stereocenters. The molecule has 0 aromatic rings. The first kappa shape index (κ1) is 13.4. The molecule has 0 aromatic heterocycles. The Hall–Kier alpha value is -0.0800. The minimum atomic E-state index is 0.287. The van der Waals surface area contributed by atoms with Crippen molar-refractivity contribution in [3.8, 4) is 0 Å². The summed E-state index contributed by atoms with van der Waals surface area (Å²) >= 11 is 0. The Morgan fingerprint density at radius 3 is 2.29 bits per heavy atom. The first-order valence-electron chi connectivity index (χ1n) is 7.73. The van der Waals surface area contributed by atoms with Crippen LogP contribution in [0.5, 0.6) is 0 Å². The van der Waals surface area contributed by atoms with Gasteiger partial charge in [0, 0.05) is 12.1 Å². The second-order valence-electron chi connectivity index (χ2n) is 6.35. The van der Waals surface area contributed by atoms with E-state index in [2.05, 4.69) is 12.2 Å². The second kappa shape index (κ2) is 6.19. The third-order valence-corrected chi connectivity index (χ3v) is 5.31. The molecule has 2 heteroatoms. The molecule has 2 saturated carbocycles. The van der Waals surface area contributed by atoms with Crippen LogP contribution in [0.1, 0.15) is 64.7 Å². The topological polar surface area (TPSA) is 38.0 Å². The summed E-state index contributed by atoms with van der Waals surface area (Å²) in [5, 5.41) is 3.80. The van der Waals surface area contributed by atoms with E-state index >= 15 is 0 Å². The highest BCUT2D eigenvalue weighted by atomic mass is 15.0. The van der Waals surface area contributed by atoms with E-state index in [1.807, 2.05) is 0 Å². The van der Waals surface area contributed by atoms with E-state index in [1.165, 1.54) is 64.3 Å². The predicted molar refractivity (Wildman–Crippen MR) is 74.0 cm³/mol. The van der Waals surface area contributed by atoms with Crippen LogP contribution in [0.2, 0.25) is 0 Å². The number of nitrogens with one attached hydrogen (secondary N) is 1. The molecular formula is C15H30N2. The molecule has 0 aliphatic heterocycles. The zero-order valence-corrected chi connectivity index (χ0v) is 11.5. The molecule has 0 heterocycles. The summed E-state index contributed by atoms with van der Waals surface area (Å²) in [6.45, 7) is 4.34. The van der Waals surface area contributed by atoms with Crippen molar-refractivity contribution in [2.45, 2.75) is 70.3 Å². The Morgan fingerprint density at radius 1 is 1.12 bits per heavy atom. The summed E-state index contributed by atoms with van der Waals surface area (Å²) in [4.78, 5) is 0. The maximum atomic E-state index is 6.03. The Labute approximate surface area is 107 Å². The molecule has 0 spiro atoms. The highest BCUT2D eigenvalue weighted by Crippen LogP contribution is 2.34. The van der Waals surface area contributed by atoms with Gasteiger partial charge in [0.1, 0.15) is 0 Å². The summed E-state index contributed by atoms with van der Waals surface area (Å²) in [6, 6.07) is 0. The van der Waals surface area contributed by atoms with Crippen LogP contribution in [0.15, 0.2) is 0 Å². The molecule has 2 aliphatic carbocycles. The average molecular weight is 238 g/mol. The molecule has 2 nitrogen and oxygen atoms in total. The van der Waals surface area contributed by atoms with Gasteiger partial charge in [0.05, 0.1) is 0 Å². The molecule has 0 saturated heterocycles. The highest BCUT2D eigenvalue weighted by molar-refractivity contribution is 4.93. The van der Waals surface area contributed by atoms with Crippen molar-refractivity contribution < 1.29 is 0 Å². The molecule has 3 N–H and O–H groups in total. The van der Waals surface area contributed by atoms with Gasteiger partial charge in [-0.15, -0.1) is 0 Å². The van der Waals surface area contributed by atoms with E-state index < -0.39 is 0 Å². The number of hydrogen-bond donors (Lipinski definition) is 2. The summed E-state index contributed by atoms with van der Waals surface area (Å²) in [6.07, 6.45) is 12.5. The monoisotopic (exact) mass is 238 g/mol. The van der Waals surface area contributed by atoms with Crippen molar-refractivity contribution in [2.75, 3.05) is 13.1 Å². The van der Waals surface area contributed by atoms with Crippen molar-refractivity contribution in [3.05, 3.63) is 0 Å². The smallest absolute Gasteiger partial charge is 0.0304 e. The van der Waals surface area contributed by atoms with Gasteiger partial charge in [0.15, 0.2) is 0 Å². The molecule has 0 amide bonds. The predicted octanol–water partition coefficient (Wildman–Crippen LogP) is 3.06. The molecule has 0 aromatic carbocycles. The summed E-state index contributed by atoms with van der Waals surface area (Å²) < 4.78 is 0. The van der Waals surface area contributed by atoms with Crippen LogP contribution in [-0.2, 0) is 0 Å². The van der Waals surface area contributed by atoms with Crippen LogP contribution in [0, 0.1) is 11.8 Å². The fourth-order valence-electron chi connectivity index (χ4n) is 3.41. The van der Waals surface area contributed by atoms with E-state index in [-0.39, 0.29) is 5.54 Å². The lowest BCUT2D eigenvalue weighted by Crippen LogP contribution is -2.53. The lowest BCUT2D eigenvalue weighted by atomic mass is 9.75. The van der Waals surface area contributed by atoms with Crippen molar-refractivity contribution in [1.82, 2.24) is 5.32 Å². The summed E-state index contributed by atoms with van der Waals surface area (Å²) in [5.41, 5.74) is 6.31. The molecule has 2 aliphatic rings. The van der Waals surface area contributed by atoms with Crippen LogP contribution in [-0.4, -0.2) is 18.6 Å².